The minimum absolute atomic E-state index is 0.0370. The highest BCUT2D eigenvalue weighted by Crippen LogP contribution is 2.29. The van der Waals surface area contributed by atoms with Crippen LogP contribution < -0.4 is 11.1 Å². The van der Waals surface area contributed by atoms with Crippen LogP contribution >= 0.6 is 0 Å². The maximum atomic E-state index is 13.4. The van der Waals surface area contributed by atoms with Crippen LogP contribution in [0.5, 0.6) is 0 Å². The van der Waals surface area contributed by atoms with Crippen LogP contribution in [-0.4, -0.2) is 66.9 Å². The Labute approximate surface area is 175 Å². The second-order valence-electron chi connectivity index (χ2n) is 7.09. The molecule has 3 N–H and O–H groups in total. The zero-order valence-corrected chi connectivity index (χ0v) is 17.9. The summed E-state index contributed by atoms with van der Waals surface area (Å²) in [4.78, 5) is 27.2. The van der Waals surface area contributed by atoms with Crippen LogP contribution in [0.3, 0.4) is 0 Å². The quantitative estimate of drug-likeness (QED) is 0.658. The van der Waals surface area contributed by atoms with Gasteiger partial charge in [0.1, 0.15) is 10.6 Å². The first-order valence-corrected chi connectivity index (χ1v) is 10.9. The van der Waals surface area contributed by atoms with E-state index in [4.69, 9.17) is 10.3 Å². The molecule has 10 nitrogen and oxygen atoms in total. The topological polar surface area (TPSA) is 139 Å². The summed E-state index contributed by atoms with van der Waals surface area (Å²) in [6.07, 6.45) is -1.34. The lowest BCUT2D eigenvalue weighted by atomic mass is 10.1. The number of nitrogens with zero attached hydrogens (tertiary/aromatic N) is 3. The van der Waals surface area contributed by atoms with Crippen molar-refractivity contribution in [2.45, 2.75) is 31.8 Å². The number of aromatic nitrogens is 1. The summed E-state index contributed by atoms with van der Waals surface area (Å²) in [7, 11) is -4.14. The SMILES string of the molecule is Cc1ccc(C(=O)N2CCN(S(=O)(=O)c3c(C)noc3C)C2C(=O)NCCN)cc1. The van der Waals surface area contributed by atoms with E-state index in [1.54, 1.807) is 24.3 Å². The van der Waals surface area contributed by atoms with Gasteiger partial charge in [-0.25, -0.2) is 8.42 Å². The lowest BCUT2D eigenvalue weighted by molar-refractivity contribution is -0.127. The zero-order valence-electron chi connectivity index (χ0n) is 17.1. The van der Waals surface area contributed by atoms with Crippen molar-refractivity contribution in [1.29, 1.82) is 0 Å². The van der Waals surface area contributed by atoms with Gasteiger partial charge in [-0.1, -0.05) is 22.9 Å². The minimum Gasteiger partial charge on any atom is -0.360 e. The van der Waals surface area contributed by atoms with Crippen LogP contribution in [0.1, 0.15) is 27.4 Å². The van der Waals surface area contributed by atoms with Crippen molar-refractivity contribution in [3.05, 3.63) is 46.8 Å². The Hall–Kier alpha value is -2.76. The van der Waals surface area contributed by atoms with Crippen LogP contribution in [0.15, 0.2) is 33.7 Å². The molecular weight excluding hydrogens is 410 g/mol. The Morgan fingerprint density at radius 3 is 2.43 bits per heavy atom. The fourth-order valence-corrected chi connectivity index (χ4v) is 5.29. The van der Waals surface area contributed by atoms with Crippen LogP contribution in [0.25, 0.3) is 0 Å². The summed E-state index contributed by atoms with van der Waals surface area (Å²) >= 11 is 0. The van der Waals surface area contributed by atoms with E-state index in [1.807, 2.05) is 6.92 Å². The molecule has 2 amide bonds. The maximum Gasteiger partial charge on any atom is 0.259 e. The molecule has 0 spiro atoms. The molecule has 30 heavy (non-hydrogen) atoms. The molecule has 162 valence electrons. The number of carbonyl (C=O) groups is 2. The van der Waals surface area contributed by atoms with Crippen LogP contribution in [-0.2, 0) is 14.8 Å². The number of amides is 2. The molecular formula is C19H25N5O5S. The summed E-state index contributed by atoms with van der Waals surface area (Å²) in [6, 6.07) is 6.87. The van der Waals surface area contributed by atoms with E-state index in [2.05, 4.69) is 10.5 Å². The van der Waals surface area contributed by atoms with Crippen molar-refractivity contribution >= 4 is 21.8 Å². The second-order valence-corrected chi connectivity index (χ2v) is 8.91. The monoisotopic (exact) mass is 435 g/mol. The number of hydrogen-bond acceptors (Lipinski definition) is 7. The molecule has 2 heterocycles. The van der Waals surface area contributed by atoms with Gasteiger partial charge in [0.25, 0.3) is 21.8 Å². The molecule has 1 aliphatic heterocycles. The molecule has 1 aromatic carbocycles. The fraction of sp³-hybridized carbons (Fsp3) is 0.421. The summed E-state index contributed by atoms with van der Waals surface area (Å²) < 4.78 is 32.7. The number of rotatable bonds is 6. The number of carbonyl (C=O) groups excluding carboxylic acids is 2. The van der Waals surface area contributed by atoms with E-state index in [1.165, 1.54) is 18.7 Å². The van der Waals surface area contributed by atoms with Crippen LogP contribution in [0.4, 0.5) is 0 Å². The Morgan fingerprint density at radius 1 is 1.20 bits per heavy atom. The maximum absolute atomic E-state index is 13.4. The molecule has 1 unspecified atom stereocenters. The van der Waals surface area contributed by atoms with E-state index in [0.29, 0.717) is 5.56 Å². The number of aryl methyl sites for hydroxylation is 3. The van der Waals surface area contributed by atoms with Gasteiger partial charge in [0.05, 0.1) is 0 Å². The van der Waals surface area contributed by atoms with Gasteiger partial charge < -0.3 is 20.5 Å². The van der Waals surface area contributed by atoms with E-state index in [9.17, 15) is 18.0 Å². The van der Waals surface area contributed by atoms with Gasteiger partial charge in [-0.3, -0.25) is 9.59 Å². The minimum atomic E-state index is -4.14. The average Bonchev–Trinajstić information content (AvgIpc) is 3.30. The van der Waals surface area contributed by atoms with Crippen LogP contribution in [0, 0.1) is 20.8 Å². The van der Waals surface area contributed by atoms with Gasteiger partial charge in [-0.05, 0) is 32.9 Å². The Morgan fingerprint density at radius 2 is 1.87 bits per heavy atom. The summed E-state index contributed by atoms with van der Waals surface area (Å²) in [5.41, 5.74) is 7.01. The molecule has 1 saturated heterocycles. The lowest BCUT2D eigenvalue weighted by Crippen LogP contribution is -2.54. The highest BCUT2D eigenvalue weighted by atomic mass is 32.2. The molecule has 0 saturated carbocycles. The van der Waals surface area contributed by atoms with Crippen molar-refractivity contribution in [3.8, 4) is 0 Å². The zero-order chi connectivity index (χ0) is 22.1. The first-order valence-electron chi connectivity index (χ1n) is 9.48. The van der Waals surface area contributed by atoms with E-state index < -0.39 is 28.0 Å². The molecule has 0 aliphatic carbocycles. The molecule has 1 fully saturated rings. The van der Waals surface area contributed by atoms with E-state index in [0.717, 1.165) is 9.87 Å². The first kappa shape index (κ1) is 21.9. The molecule has 11 heteroatoms. The second kappa shape index (κ2) is 8.54. The summed E-state index contributed by atoms with van der Waals surface area (Å²) in [6.45, 7) is 5.26. The fourth-order valence-electron chi connectivity index (χ4n) is 3.45. The standard InChI is InChI=1S/C19H25N5O5S/c1-12-4-6-15(7-5-12)19(26)23-10-11-24(18(23)17(25)21-9-8-20)30(27,28)16-13(2)22-29-14(16)3/h4-7,18H,8-11,20H2,1-3H3,(H,21,25). The van der Waals surface area contributed by atoms with Gasteiger partial charge >= 0.3 is 0 Å². The van der Waals surface area contributed by atoms with Crippen molar-refractivity contribution in [2.24, 2.45) is 5.73 Å². The molecule has 0 radical (unpaired) electrons. The number of benzene rings is 1. The number of nitrogens with two attached hydrogens (primary N) is 1. The predicted molar refractivity (Wildman–Crippen MR) is 108 cm³/mol. The highest BCUT2D eigenvalue weighted by molar-refractivity contribution is 7.89. The Bertz CT molecular complexity index is 1030. The molecule has 0 bridgehead atoms. The third-order valence-corrected chi connectivity index (χ3v) is 7.00. The van der Waals surface area contributed by atoms with Crippen LogP contribution in [0.2, 0.25) is 0 Å². The molecule has 1 aromatic heterocycles. The van der Waals surface area contributed by atoms with Gasteiger partial charge in [0.2, 0.25) is 0 Å². The highest BCUT2D eigenvalue weighted by Gasteiger charge is 2.48. The molecule has 1 atom stereocenters. The van der Waals surface area contributed by atoms with E-state index in [-0.39, 0.29) is 42.5 Å². The van der Waals surface area contributed by atoms with Gasteiger partial charge in [-0.2, -0.15) is 4.31 Å². The van der Waals surface area contributed by atoms with E-state index >= 15 is 0 Å². The third kappa shape index (κ3) is 3.95. The smallest absolute Gasteiger partial charge is 0.259 e. The van der Waals surface area contributed by atoms with Gasteiger partial charge in [0.15, 0.2) is 11.9 Å². The first-order chi connectivity index (χ1) is 14.2. The number of sulfonamides is 1. The van der Waals surface area contributed by atoms with Crippen molar-refractivity contribution < 1.29 is 22.5 Å². The molecule has 3 rings (SSSR count). The van der Waals surface area contributed by atoms with Gasteiger partial charge in [-0.15, -0.1) is 0 Å². The normalized spacial score (nSPS) is 17.3. The Kier molecular flexibility index (Phi) is 6.25. The van der Waals surface area contributed by atoms with Gasteiger partial charge in [0, 0.05) is 31.7 Å². The van der Waals surface area contributed by atoms with Crippen molar-refractivity contribution in [2.75, 3.05) is 26.2 Å². The number of hydrogen-bond donors (Lipinski definition) is 2. The van der Waals surface area contributed by atoms with Crippen molar-refractivity contribution in [3.63, 3.8) is 0 Å². The lowest BCUT2D eigenvalue weighted by Gasteiger charge is -2.28. The average molecular weight is 436 g/mol. The predicted octanol–water partition coefficient (Wildman–Crippen LogP) is 0.148. The molecule has 2 aromatic rings. The summed E-state index contributed by atoms with van der Waals surface area (Å²) in [5, 5.41) is 6.30. The summed E-state index contributed by atoms with van der Waals surface area (Å²) in [5.74, 6) is -0.926. The largest absolute Gasteiger partial charge is 0.360 e. The molecule has 1 aliphatic rings. The Balaban J connectivity index is 2.00. The number of nitrogens with one attached hydrogen (secondary N) is 1. The van der Waals surface area contributed by atoms with Crippen molar-refractivity contribution in [1.82, 2.24) is 19.7 Å². The third-order valence-electron chi connectivity index (χ3n) is 4.90.